The number of hydrogen-bond acceptors (Lipinski definition) is 4. The molecule has 2 N–H and O–H groups in total. The van der Waals surface area contributed by atoms with E-state index in [1.54, 1.807) is 6.07 Å². The van der Waals surface area contributed by atoms with Crippen LogP contribution < -0.4 is 4.72 Å². The minimum Gasteiger partial charge on any atom is -0.280 e. The van der Waals surface area contributed by atoms with Crippen molar-refractivity contribution in [1.29, 1.82) is 5.26 Å². The molecule has 0 atom stereocenters. The summed E-state index contributed by atoms with van der Waals surface area (Å²) in [6.07, 6.45) is 0. The second-order valence-electron chi connectivity index (χ2n) is 5.66. The molecule has 0 amide bonds. The van der Waals surface area contributed by atoms with E-state index in [2.05, 4.69) is 14.9 Å². The zero-order valence-electron chi connectivity index (χ0n) is 12.0. The lowest BCUT2D eigenvalue weighted by Crippen LogP contribution is -2.13. The van der Waals surface area contributed by atoms with Crippen LogP contribution >= 0.6 is 0 Å². The van der Waals surface area contributed by atoms with E-state index in [4.69, 9.17) is 5.26 Å². The van der Waals surface area contributed by atoms with Crippen LogP contribution in [-0.2, 0) is 15.4 Å². The fourth-order valence-corrected chi connectivity index (χ4v) is 2.66. The lowest BCUT2D eigenvalue weighted by molar-refractivity contribution is 0.567. The molecule has 1 heterocycles. The Hall–Kier alpha value is -2.33. The Morgan fingerprint density at radius 2 is 1.86 bits per heavy atom. The van der Waals surface area contributed by atoms with Gasteiger partial charge in [0.2, 0.25) is 0 Å². The molecule has 21 heavy (non-hydrogen) atoms. The highest BCUT2D eigenvalue weighted by atomic mass is 32.2. The maximum Gasteiger partial charge on any atom is 0.263 e. The first-order valence-corrected chi connectivity index (χ1v) is 7.79. The zero-order chi connectivity index (χ0) is 15.7. The number of aromatic nitrogens is 2. The molecule has 0 radical (unpaired) electrons. The highest BCUT2D eigenvalue weighted by Crippen LogP contribution is 2.23. The summed E-state index contributed by atoms with van der Waals surface area (Å²) in [5.41, 5.74) is 1.09. The van der Waals surface area contributed by atoms with E-state index < -0.39 is 10.0 Å². The molecule has 0 spiro atoms. The van der Waals surface area contributed by atoms with Gasteiger partial charge in [0, 0.05) is 17.2 Å². The fraction of sp³-hybridized carbons (Fsp3) is 0.286. The predicted octanol–water partition coefficient (Wildman–Crippen LogP) is 2.38. The van der Waals surface area contributed by atoms with Crippen LogP contribution in [0.5, 0.6) is 0 Å². The molecule has 2 rings (SSSR count). The molecule has 1 aromatic heterocycles. The van der Waals surface area contributed by atoms with Crippen LogP contribution in [0, 0.1) is 11.3 Å². The zero-order valence-corrected chi connectivity index (χ0v) is 12.8. The van der Waals surface area contributed by atoms with Gasteiger partial charge in [-0.25, -0.2) is 8.42 Å². The quantitative estimate of drug-likeness (QED) is 0.909. The summed E-state index contributed by atoms with van der Waals surface area (Å²) in [5.74, 6) is 0.240. The molecule has 110 valence electrons. The number of benzene rings is 1. The summed E-state index contributed by atoms with van der Waals surface area (Å²) in [6.45, 7) is 6.00. The average Bonchev–Trinajstić information content (AvgIpc) is 2.86. The topological polar surface area (TPSA) is 98.6 Å². The number of hydrogen-bond donors (Lipinski definition) is 2. The van der Waals surface area contributed by atoms with Crippen molar-refractivity contribution in [2.45, 2.75) is 31.1 Å². The van der Waals surface area contributed by atoms with E-state index in [9.17, 15) is 8.42 Å². The minimum atomic E-state index is -3.71. The summed E-state index contributed by atoms with van der Waals surface area (Å²) >= 11 is 0. The lowest BCUT2D eigenvalue weighted by Gasteiger charge is -2.14. The third-order valence-electron chi connectivity index (χ3n) is 2.92. The summed E-state index contributed by atoms with van der Waals surface area (Å²) < 4.78 is 26.8. The van der Waals surface area contributed by atoms with Crippen LogP contribution in [-0.4, -0.2) is 18.6 Å². The smallest absolute Gasteiger partial charge is 0.263 e. The highest BCUT2D eigenvalue weighted by Gasteiger charge is 2.20. The van der Waals surface area contributed by atoms with Gasteiger partial charge in [-0.2, -0.15) is 10.4 Å². The number of aromatic amines is 1. The van der Waals surface area contributed by atoms with Gasteiger partial charge in [0.05, 0.1) is 16.5 Å². The maximum atomic E-state index is 12.2. The van der Waals surface area contributed by atoms with Crippen molar-refractivity contribution >= 4 is 15.8 Å². The van der Waals surface area contributed by atoms with Crippen molar-refractivity contribution in [3.8, 4) is 6.07 Å². The van der Waals surface area contributed by atoms with Gasteiger partial charge in [-0.3, -0.25) is 9.82 Å². The van der Waals surface area contributed by atoms with Gasteiger partial charge < -0.3 is 0 Å². The standard InChI is InChI=1S/C14H16N4O2S/c1-14(2,3)12-8-13(17-16-12)18-21(19,20)11-6-4-10(9-15)5-7-11/h4-8H,1-3H3,(H2,16,17,18). The first-order chi connectivity index (χ1) is 9.72. The largest absolute Gasteiger partial charge is 0.280 e. The van der Waals surface area contributed by atoms with E-state index in [1.807, 2.05) is 26.8 Å². The molecular weight excluding hydrogens is 288 g/mol. The molecule has 0 aliphatic carbocycles. The van der Waals surface area contributed by atoms with E-state index >= 15 is 0 Å². The fourth-order valence-electron chi connectivity index (χ4n) is 1.66. The normalized spacial score (nSPS) is 11.9. The number of anilines is 1. The van der Waals surface area contributed by atoms with Crippen LogP contribution in [0.15, 0.2) is 35.2 Å². The van der Waals surface area contributed by atoms with E-state index in [0.29, 0.717) is 5.56 Å². The first kappa shape index (κ1) is 15.1. The molecule has 0 aliphatic heterocycles. The van der Waals surface area contributed by atoms with Crippen LogP contribution in [0.1, 0.15) is 32.0 Å². The Morgan fingerprint density at radius 1 is 1.24 bits per heavy atom. The Bertz CT molecular complexity index is 778. The molecule has 2 aromatic rings. The molecule has 0 fully saturated rings. The van der Waals surface area contributed by atoms with Crippen molar-refractivity contribution in [3.63, 3.8) is 0 Å². The van der Waals surface area contributed by atoms with Crippen molar-refractivity contribution < 1.29 is 8.42 Å². The predicted molar refractivity (Wildman–Crippen MR) is 79.3 cm³/mol. The molecule has 0 saturated heterocycles. The monoisotopic (exact) mass is 304 g/mol. The first-order valence-electron chi connectivity index (χ1n) is 6.31. The molecule has 0 aliphatic rings. The highest BCUT2D eigenvalue weighted by molar-refractivity contribution is 7.92. The van der Waals surface area contributed by atoms with Gasteiger partial charge >= 0.3 is 0 Å². The number of H-pyrrole nitrogens is 1. The van der Waals surface area contributed by atoms with Gasteiger partial charge in [0.1, 0.15) is 0 Å². The van der Waals surface area contributed by atoms with Gasteiger partial charge in [-0.15, -0.1) is 0 Å². The van der Waals surface area contributed by atoms with Gasteiger partial charge in [-0.1, -0.05) is 20.8 Å². The summed E-state index contributed by atoms with van der Waals surface area (Å²) in [6, 6.07) is 9.30. The Morgan fingerprint density at radius 3 is 2.33 bits per heavy atom. The Balaban J connectivity index is 2.25. The van der Waals surface area contributed by atoms with E-state index in [-0.39, 0.29) is 16.1 Å². The molecular formula is C14H16N4O2S. The summed E-state index contributed by atoms with van der Waals surface area (Å²) in [7, 11) is -3.71. The van der Waals surface area contributed by atoms with Crippen molar-refractivity contribution in [1.82, 2.24) is 10.2 Å². The molecule has 0 bridgehead atoms. The van der Waals surface area contributed by atoms with Crippen LogP contribution in [0.2, 0.25) is 0 Å². The molecule has 7 heteroatoms. The van der Waals surface area contributed by atoms with Gasteiger partial charge in [0.15, 0.2) is 5.82 Å². The number of nitrogens with zero attached hydrogens (tertiary/aromatic N) is 2. The average molecular weight is 304 g/mol. The second-order valence-corrected chi connectivity index (χ2v) is 7.34. The minimum absolute atomic E-state index is 0.0850. The van der Waals surface area contributed by atoms with Crippen molar-refractivity contribution in [3.05, 3.63) is 41.6 Å². The van der Waals surface area contributed by atoms with Crippen LogP contribution in [0.4, 0.5) is 5.82 Å². The SMILES string of the molecule is CC(C)(C)c1cc(NS(=O)(=O)c2ccc(C#N)cc2)n[nH]1. The van der Waals surface area contributed by atoms with Gasteiger partial charge in [0.25, 0.3) is 10.0 Å². The van der Waals surface area contributed by atoms with E-state index in [0.717, 1.165) is 5.69 Å². The number of nitriles is 1. The van der Waals surface area contributed by atoms with Crippen molar-refractivity contribution in [2.75, 3.05) is 4.72 Å². The second kappa shape index (κ2) is 5.22. The molecule has 1 aromatic carbocycles. The van der Waals surface area contributed by atoms with Gasteiger partial charge in [-0.05, 0) is 24.3 Å². The van der Waals surface area contributed by atoms with E-state index in [1.165, 1.54) is 24.3 Å². The molecule has 6 nitrogen and oxygen atoms in total. The summed E-state index contributed by atoms with van der Waals surface area (Å²) in [4.78, 5) is 0.0850. The molecule has 0 unspecified atom stereocenters. The lowest BCUT2D eigenvalue weighted by atomic mass is 9.92. The van der Waals surface area contributed by atoms with Crippen molar-refractivity contribution in [2.24, 2.45) is 0 Å². The number of nitrogens with one attached hydrogen (secondary N) is 2. The third-order valence-corrected chi connectivity index (χ3v) is 4.29. The third kappa shape index (κ3) is 3.41. The van der Waals surface area contributed by atoms with Crippen LogP contribution in [0.25, 0.3) is 0 Å². The maximum absolute atomic E-state index is 12.2. The van der Waals surface area contributed by atoms with Crippen LogP contribution in [0.3, 0.4) is 0 Å². The number of sulfonamides is 1. The Labute approximate surface area is 123 Å². The summed E-state index contributed by atoms with van der Waals surface area (Å²) in [5, 5.41) is 15.5. The number of rotatable bonds is 3. The molecule has 0 saturated carbocycles. The Kier molecular flexibility index (Phi) is 3.75.